The number of carbonyl (C=O) groups excluding carboxylic acids is 2. The Hall–Kier alpha value is -3.11. The average Bonchev–Trinajstić information content (AvgIpc) is 2.71. The molecule has 0 bridgehead atoms. The van der Waals surface area contributed by atoms with Gasteiger partial charge < -0.3 is 20.1 Å². The van der Waals surface area contributed by atoms with Crippen LogP contribution in [0, 0.1) is 5.92 Å². The van der Waals surface area contributed by atoms with Crippen LogP contribution in [0.15, 0.2) is 47.4 Å². The fourth-order valence-electron chi connectivity index (χ4n) is 2.78. The van der Waals surface area contributed by atoms with Crippen LogP contribution in [0.4, 0.5) is 11.4 Å². The first kappa shape index (κ1) is 24.2. The van der Waals surface area contributed by atoms with E-state index >= 15 is 0 Å². The molecule has 2 amide bonds. The third-order valence-corrected chi connectivity index (χ3v) is 5.84. The van der Waals surface area contributed by atoms with Gasteiger partial charge >= 0.3 is 0 Å². The molecule has 0 heterocycles. The summed E-state index contributed by atoms with van der Waals surface area (Å²) in [6.45, 7) is 4.82. The summed E-state index contributed by atoms with van der Waals surface area (Å²) in [6, 6.07) is 9.55. The van der Waals surface area contributed by atoms with Gasteiger partial charge in [-0.15, -0.1) is 0 Å². The number of methoxy groups -OCH3 is 2. The van der Waals surface area contributed by atoms with E-state index in [0.717, 1.165) is 0 Å². The predicted octanol–water partition coefficient (Wildman–Crippen LogP) is 2.60. The van der Waals surface area contributed by atoms with Crippen LogP contribution in [0.3, 0.4) is 0 Å². The third-order valence-electron chi connectivity index (χ3n) is 4.38. The molecule has 2 aromatic rings. The smallest absolute Gasteiger partial charge is 0.242 e. The Bertz CT molecular complexity index is 1040. The number of sulfonamides is 1. The van der Waals surface area contributed by atoms with Gasteiger partial charge in [0.1, 0.15) is 17.5 Å². The maximum absolute atomic E-state index is 12.9. The fraction of sp³-hybridized carbons (Fsp3) is 0.333. The van der Waals surface area contributed by atoms with Gasteiger partial charge in [-0.1, -0.05) is 13.8 Å². The Morgan fingerprint density at radius 2 is 1.58 bits per heavy atom. The van der Waals surface area contributed by atoms with Crippen LogP contribution in [0.5, 0.6) is 11.5 Å². The molecule has 0 aliphatic carbocycles. The number of amides is 2. The lowest BCUT2D eigenvalue weighted by Crippen LogP contribution is -2.47. The van der Waals surface area contributed by atoms with Crippen molar-refractivity contribution >= 4 is 33.2 Å². The minimum absolute atomic E-state index is 0.0177. The molecule has 0 aliphatic rings. The number of nitrogens with one attached hydrogen (secondary N) is 3. The number of ether oxygens (including phenoxy) is 2. The summed E-state index contributed by atoms with van der Waals surface area (Å²) in [6.07, 6.45) is 0. The predicted molar refractivity (Wildman–Crippen MR) is 118 cm³/mol. The minimum atomic E-state index is -3.94. The van der Waals surface area contributed by atoms with E-state index in [1.165, 1.54) is 51.5 Å². The highest BCUT2D eigenvalue weighted by Crippen LogP contribution is 2.28. The number of anilines is 2. The molecular formula is C21H27N3O6S. The van der Waals surface area contributed by atoms with Crippen LogP contribution in [-0.4, -0.2) is 40.5 Å². The molecule has 2 rings (SSSR count). The molecule has 0 saturated heterocycles. The van der Waals surface area contributed by atoms with Crippen molar-refractivity contribution in [3.63, 3.8) is 0 Å². The van der Waals surface area contributed by atoms with E-state index in [-0.39, 0.29) is 16.7 Å². The lowest BCUT2D eigenvalue weighted by atomic mass is 10.0. The van der Waals surface area contributed by atoms with Gasteiger partial charge in [-0.25, -0.2) is 8.42 Å². The lowest BCUT2D eigenvalue weighted by Gasteiger charge is -2.22. The maximum Gasteiger partial charge on any atom is 0.242 e. The average molecular weight is 450 g/mol. The van der Waals surface area contributed by atoms with Crippen LogP contribution < -0.4 is 24.8 Å². The summed E-state index contributed by atoms with van der Waals surface area (Å²) in [4.78, 5) is 24.3. The molecule has 9 nitrogen and oxygen atoms in total. The zero-order chi connectivity index (χ0) is 23.2. The largest absolute Gasteiger partial charge is 0.497 e. The summed E-state index contributed by atoms with van der Waals surface area (Å²) >= 11 is 0. The second-order valence-corrected chi connectivity index (χ2v) is 8.82. The van der Waals surface area contributed by atoms with Crippen LogP contribution in [0.2, 0.25) is 0 Å². The summed E-state index contributed by atoms with van der Waals surface area (Å²) in [5.41, 5.74) is 0.761. The van der Waals surface area contributed by atoms with Gasteiger partial charge in [0.15, 0.2) is 0 Å². The molecular weight excluding hydrogens is 422 g/mol. The number of carbonyl (C=O) groups is 2. The molecule has 3 N–H and O–H groups in total. The van der Waals surface area contributed by atoms with E-state index in [0.29, 0.717) is 22.9 Å². The van der Waals surface area contributed by atoms with Crippen molar-refractivity contribution in [2.45, 2.75) is 31.7 Å². The molecule has 0 aliphatic heterocycles. The number of rotatable bonds is 9. The summed E-state index contributed by atoms with van der Waals surface area (Å²) < 4.78 is 38.2. The first-order chi connectivity index (χ1) is 14.6. The van der Waals surface area contributed by atoms with Crippen molar-refractivity contribution in [1.82, 2.24) is 4.72 Å². The standard InChI is InChI=1S/C21H27N3O6S/c1-13(2)20(24-31(27,28)17-9-7-16(29-4)8-10-17)21(26)23-15-6-11-19(30-5)18(12-15)22-14(3)25/h6-13,20,24H,1-5H3,(H,22,25)(H,23,26)/t20-/m0/s1. The zero-order valence-electron chi connectivity index (χ0n) is 18.1. The number of hydrogen-bond acceptors (Lipinski definition) is 6. The van der Waals surface area contributed by atoms with E-state index in [9.17, 15) is 18.0 Å². The highest BCUT2D eigenvalue weighted by Gasteiger charge is 2.28. The normalized spacial score (nSPS) is 12.2. The van der Waals surface area contributed by atoms with Gasteiger partial charge in [-0.2, -0.15) is 4.72 Å². The first-order valence-corrected chi connectivity index (χ1v) is 11.0. The highest BCUT2D eigenvalue weighted by molar-refractivity contribution is 7.89. The SMILES string of the molecule is COc1ccc(S(=O)(=O)N[C@H](C(=O)Nc2ccc(OC)c(NC(C)=O)c2)C(C)C)cc1. The van der Waals surface area contributed by atoms with E-state index in [1.54, 1.807) is 26.0 Å². The summed E-state index contributed by atoms with van der Waals surface area (Å²) in [5.74, 6) is -0.221. The van der Waals surface area contributed by atoms with Crippen molar-refractivity contribution < 1.29 is 27.5 Å². The molecule has 0 aromatic heterocycles. The van der Waals surface area contributed by atoms with Gasteiger partial charge in [-0.3, -0.25) is 9.59 Å². The van der Waals surface area contributed by atoms with Crippen molar-refractivity contribution in [2.24, 2.45) is 5.92 Å². The molecule has 10 heteroatoms. The third kappa shape index (κ3) is 6.43. The molecule has 0 spiro atoms. The van der Waals surface area contributed by atoms with E-state index < -0.39 is 22.0 Å². The Morgan fingerprint density at radius 1 is 0.935 bits per heavy atom. The van der Waals surface area contributed by atoms with E-state index in [4.69, 9.17) is 9.47 Å². The molecule has 0 radical (unpaired) electrons. The van der Waals surface area contributed by atoms with Crippen LogP contribution in [0.1, 0.15) is 20.8 Å². The molecule has 1 atom stereocenters. The topological polar surface area (TPSA) is 123 Å². The van der Waals surface area contributed by atoms with Crippen molar-refractivity contribution in [3.8, 4) is 11.5 Å². The Morgan fingerprint density at radius 3 is 2.10 bits per heavy atom. The van der Waals surface area contributed by atoms with Crippen molar-refractivity contribution in [1.29, 1.82) is 0 Å². The minimum Gasteiger partial charge on any atom is -0.497 e. The first-order valence-electron chi connectivity index (χ1n) is 9.50. The van der Waals surface area contributed by atoms with Crippen LogP contribution >= 0.6 is 0 Å². The van der Waals surface area contributed by atoms with Crippen molar-refractivity contribution in [2.75, 3.05) is 24.9 Å². The molecule has 0 fully saturated rings. The van der Waals surface area contributed by atoms with Crippen LogP contribution in [0.25, 0.3) is 0 Å². The Kier molecular flexibility index (Phi) is 8.01. The molecule has 168 valence electrons. The Balaban J connectivity index is 2.23. The molecule has 0 saturated carbocycles. The monoisotopic (exact) mass is 449 g/mol. The lowest BCUT2D eigenvalue weighted by molar-refractivity contribution is -0.118. The number of benzene rings is 2. The maximum atomic E-state index is 12.9. The van der Waals surface area contributed by atoms with E-state index in [1.807, 2.05) is 0 Å². The molecule has 31 heavy (non-hydrogen) atoms. The number of hydrogen-bond donors (Lipinski definition) is 3. The van der Waals surface area contributed by atoms with Gasteiger partial charge in [-0.05, 0) is 48.4 Å². The molecule has 0 unspecified atom stereocenters. The summed E-state index contributed by atoms with van der Waals surface area (Å²) in [7, 11) is -1.00. The fourth-order valence-corrected chi connectivity index (χ4v) is 4.12. The van der Waals surface area contributed by atoms with E-state index in [2.05, 4.69) is 15.4 Å². The quantitative estimate of drug-likeness (QED) is 0.541. The molecule has 2 aromatic carbocycles. The van der Waals surface area contributed by atoms with Gasteiger partial charge in [0.2, 0.25) is 21.8 Å². The second-order valence-electron chi connectivity index (χ2n) is 7.10. The van der Waals surface area contributed by atoms with Gasteiger partial charge in [0.05, 0.1) is 24.8 Å². The second kappa shape index (κ2) is 10.3. The summed E-state index contributed by atoms with van der Waals surface area (Å²) in [5, 5.41) is 5.31. The van der Waals surface area contributed by atoms with Crippen LogP contribution in [-0.2, 0) is 19.6 Å². The Labute approximate surface area is 182 Å². The van der Waals surface area contributed by atoms with Gasteiger partial charge in [0, 0.05) is 12.6 Å². The van der Waals surface area contributed by atoms with Crippen molar-refractivity contribution in [3.05, 3.63) is 42.5 Å². The highest BCUT2D eigenvalue weighted by atomic mass is 32.2. The zero-order valence-corrected chi connectivity index (χ0v) is 18.9. The van der Waals surface area contributed by atoms with Gasteiger partial charge in [0.25, 0.3) is 0 Å².